The van der Waals surface area contributed by atoms with Crippen LogP contribution in [0.4, 0.5) is 11.4 Å². The van der Waals surface area contributed by atoms with E-state index in [1.54, 1.807) is 0 Å². The van der Waals surface area contributed by atoms with Gasteiger partial charge in [0.1, 0.15) is 0 Å². The highest BCUT2D eigenvalue weighted by Crippen LogP contribution is 2.30. The van der Waals surface area contributed by atoms with E-state index in [2.05, 4.69) is 5.32 Å². The first-order valence-electron chi connectivity index (χ1n) is 7.95. The number of rotatable bonds is 5. The normalized spacial score (nSPS) is 11.9. The van der Waals surface area contributed by atoms with Gasteiger partial charge < -0.3 is 5.32 Å². The highest BCUT2D eigenvalue weighted by atomic mass is 32.2. The van der Waals surface area contributed by atoms with Crippen LogP contribution < -0.4 is 5.32 Å². The van der Waals surface area contributed by atoms with E-state index >= 15 is 0 Å². The average molecular weight is 452 g/mol. The summed E-state index contributed by atoms with van der Waals surface area (Å²) < 4.78 is 64.4. The first kappa shape index (κ1) is 21.3. The molecule has 0 unspecified atom stereocenters. The summed E-state index contributed by atoms with van der Waals surface area (Å²) >= 11 is 0. The summed E-state index contributed by atoms with van der Waals surface area (Å²) in [5.41, 5.74) is -0.542. The molecule has 3 rings (SSSR count). The maximum atomic E-state index is 12.5. The number of amides is 1. The highest BCUT2D eigenvalue weighted by molar-refractivity contribution is 7.86. The van der Waals surface area contributed by atoms with Gasteiger partial charge in [0.05, 0.1) is 20.4 Å². The zero-order valence-electron chi connectivity index (χ0n) is 14.7. The highest BCUT2D eigenvalue weighted by Gasteiger charge is 2.19. The van der Waals surface area contributed by atoms with Gasteiger partial charge in [0.2, 0.25) is 0 Å². The zero-order chi connectivity index (χ0) is 22.3. The van der Waals surface area contributed by atoms with Crippen LogP contribution in [0.3, 0.4) is 0 Å². The van der Waals surface area contributed by atoms with Crippen LogP contribution in [0.1, 0.15) is 10.4 Å². The smallest absolute Gasteiger partial charge is 0.294 e. The third-order valence-corrected chi connectivity index (χ3v) is 5.74. The second-order valence-corrected chi connectivity index (χ2v) is 8.91. The van der Waals surface area contributed by atoms with Gasteiger partial charge in [-0.15, -0.1) is 0 Å². The van der Waals surface area contributed by atoms with Crippen LogP contribution in [0.2, 0.25) is 0 Å². The Morgan fingerprint density at radius 2 is 1.53 bits per heavy atom. The third kappa shape index (κ3) is 4.44. The number of nitrogens with one attached hydrogen (secondary N) is 1. The summed E-state index contributed by atoms with van der Waals surface area (Å²) in [7, 11) is -9.33. The molecule has 0 spiro atoms. The fraction of sp³-hybridized carbons (Fsp3) is 0. The van der Waals surface area contributed by atoms with E-state index in [-0.39, 0.29) is 27.7 Å². The summed E-state index contributed by atoms with van der Waals surface area (Å²) in [6, 6.07) is 9.90. The Balaban J connectivity index is 2.15. The van der Waals surface area contributed by atoms with Gasteiger partial charge in [-0.25, -0.2) is 0 Å². The molecule has 0 aliphatic heterocycles. The Labute approximate surface area is 169 Å². The van der Waals surface area contributed by atoms with Crippen molar-refractivity contribution in [1.29, 1.82) is 0 Å². The van der Waals surface area contributed by atoms with Gasteiger partial charge in [-0.3, -0.25) is 24.0 Å². The lowest BCUT2D eigenvalue weighted by atomic mass is 10.1. The Hall–Kier alpha value is -3.39. The molecule has 11 nitrogen and oxygen atoms in total. The van der Waals surface area contributed by atoms with Crippen molar-refractivity contribution in [1.82, 2.24) is 0 Å². The van der Waals surface area contributed by atoms with Gasteiger partial charge in [-0.05, 0) is 35.7 Å². The molecule has 0 radical (unpaired) electrons. The minimum Gasteiger partial charge on any atom is -0.321 e. The summed E-state index contributed by atoms with van der Waals surface area (Å²) in [4.78, 5) is 21.6. The van der Waals surface area contributed by atoms with E-state index in [0.29, 0.717) is 0 Å². The number of carbonyl (C=O) groups excluding carboxylic acids is 1. The van der Waals surface area contributed by atoms with Crippen LogP contribution in [0.5, 0.6) is 0 Å². The van der Waals surface area contributed by atoms with E-state index < -0.39 is 40.9 Å². The number of anilines is 1. The lowest BCUT2D eigenvalue weighted by molar-refractivity contribution is -0.384. The van der Waals surface area contributed by atoms with Crippen molar-refractivity contribution in [3.63, 3.8) is 0 Å². The summed E-state index contributed by atoms with van der Waals surface area (Å²) in [5.74, 6) is -0.814. The molecule has 3 N–H and O–H groups in total. The maximum absolute atomic E-state index is 12.5. The lowest BCUT2D eigenvalue weighted by Gasteiger charge is -2.12. The monoisotopic (exact) mass is 452 g/mol. The first-order valence-corrected chi connectivity index (χ1v) is 10.8. The quantitative estimate of drug-likeness (QED) is 0.297. The molecule has 0 atom stereocenters. The summed E-state index contributed by atoms with van der Waals surface area (Å²) in [6.07, 6.45) is 0. The van der Waals surface area contributed by atoms with Crippen LogP contribution in [-0.2, 0) is 20.2 Å². The molecule has 30 heavy (non-hydrogen) atoms. The number of fused-ring (bicyclic) bond motifs is 1. The standard InChI is InChI=1S/C17H12N2O9S2/c20-17(10-2-1-3-12(6-10)19(21)22)18-16-9-14(30(26,27)28)8-11-7-13(29(23,24)25)4-5-15(11)16/h1-9H,(H,18,20)(H,23,24,25)(H,26,27,28). The van der Waals surface area contributed by atoms with Crippen LogP contribution in [0.15, 0.2) is 64.4 Å². The molecule has 0 aliphatic rings. The van der Waals surface area contributed by atoms with Gasteiger partial charge in [-0.1, -0.05) is 12.1 Å². The number of hydrogen-bond donors (Lipinski definition) is 3. The van der Waals surface area contributed by atoms with Crippen molar-refractivity contribution >= 4 is 48.3 Å². The van der Waals surface area contributed by atoms with Gasteiger partial charge in [0, 0.05) is 23.1 Å². The summed E-state index contributed by atoms with van der Waals surface area (Å²) in [6.45, 7) is 0. The van der Waals surface area contributed by atoms with E-state index in [4.69, 9.17) is 0 Å². The van der Waals surface area contributed by atoms with Gasteiger partial charge in [0.15, 0.2) is 0 Å². The molecule has 156 valence electrons. The number of hydrogen-bond acceptors (Lipinski definition) is 7. The Kier molecular flexibility index (Phi) is 5.30. The van der Waals surface area contributed by atoms with Crippen molar-refractivity contribution < 1.29 is 35.7 Å². The van der Waals surface area contributed by atoms with Crippen LogP contribution in [0, 0.1) is 10.1 Å². The fourth-order valence-electron chi connectivity index (χ4n) is 2.69. The fourth-order valence-corrected chi connectivity index (χ4v) is 3.75. The van der Waals surface area contributed by atoms with Crippen molar-refractivity contribution in [2.24, 2.45) is 0 Å². The number of nitrogens with zero attached hydrogens (tertiary/aromatic N) is 1. The predicted octanol–water partition coefficient (Wildman–Crippen LogP) is 2.49. The second-order valence-electron chi connectivity index (χ2n) is 6.07. The molecule has 3 aromatic carbocycles. The molecule has 13 heteroatoms. The molecule has 0 aromatic heterocycles. The predicted molar refractivity (Wildman–Crippen MR) is 105 cm³/mol. The second kappa shape index (κ2) is 7.46. The number of benzene rings is 3. The molecule has 0 fully saturated rings. The molecule has 0 aliphatic carbocycles. The lowest BCUT2D eigenvalue weighted by Crippen LogP contribution is -2.13. The van der Waals surface area contributed by atoms with Crippen LogP contribution in [0.25, 0.3) is 10.8 Å². The number of nitro groups is 1. The van der Waals surface area contributed by atoms with Crippen molar-refractivity contribution in [3.8, 4) is 0 Å². The molecular weight excluding hydrogens is 440 g/mol. The number of nitro benzene ring substituents is 1. The molecule has 3 aromatic rings. The Morgan fingerprint density at radius 1 is 0.900 bits per heavy atom. The zero-order valence-corrected chi connectivity index (χ0v) is 16.3. The SMILES string of the molecule is O=C(Nc1cc(S(=O)(=O)O)cc2cc(S(=O)(=O)O)ccc12)c1cccc([N+](=O)[O-])c1. The number of carbonyl (C=O) groups is 1. The van der Waals surface area contributed by atoms with Gasteiger partial charge >= 0.3 is 0 Å². The van der Waals surface area contributed by atoms with E-state index in [0.717, 1.165) is 30.3 Å². The van der Waals surface area contributed by atoms with Crippen LogP contribution in [-0.4, -0.2) is 36.8 Å². The topological polar surface area (TPSA) is 181 Å². The maximum Gasteiger partial charge on any atom is 0.294 e. The molecule has 1 amide bonds. The Morgan fingerprint density at radius 3 is 2.13 bits per heavy atom. The first-order chi connectivity index (χ1) is 13.9. The minimum atomic E-state index is -4.74. The largest absolute Gasteiger partial charge is 0.321 e. The number of non-ortho nitro benzene ring substituents is 1. The van der Waals surface area contributed by atoms with Crippen molar-refractivity contribution in [3.05, 3.63) is 70.3 Å². The van der Waals surface area contributed by atoms with Crippen LogP contribution >= 0.6 is 0 Å². The Bertz CT molecular complexity index is 1410. The van der Waals surface area contributed by atoms with E-state index in [9.17, 15) is 40.8 Å². The molecule has 0 saturated carbocycles. The summed E-state index contributed by atoms with van der Waals surface area (Å²) in [5, 5.41) is 13.4. The van der Waals surface area contributed by atoms with Crippen molar-refractivity contribution in [2.45, 2.75) is 9.79 Å². The molecular formula is C17H12N2O9S2. The van der Waals surface area contributed by atoms with Gasteiger partial charge in [0.25, 0.3) is 31.8 Å². The average Bonchev–Trinajstić information content (AvgIpc) is 2.66. The minimum absolute atomic E-state index is 0.0189. The third-order valence-electron chi connectivity index (χ3n) is 4.06. The molecule has 0 saturated heterocycles. The molecule has 0 heterocycles. The van der Waals surface area contributed by atoms with Gasteiger partial charge in [-0.2, -0.15) is 16.8 Å². The van der Waals surface area contributed by atoms with Crippen molar-refractivity contribution in [2.75, 3.05) is 5.32 Å². The van der Waals surface area contributed by atoms with E-state index in [1.165, 1.54) is 24.3 Å². The molecule has 0 bridgehead atoms. The van der Waals surface area contributed by atoms with E-state index in [1.807, 2.05) is 0 Å².